The minimum Gasteiger partial charge on any atom is -0.382 e. The Morgan fingerprint density at radius 2 is 2.30 bits per heavy atom. The number of hydrogen-bond acceptors (Lipinski definition) is 5. The zero-order chi connectivity index (χ0) is 14.8. The molecule has 0 amide bonds. The topological polar surface area (TPSA) is 56.6 Å². The highest BCUT2D eigenvalue weighted by molar-refractivity contribution is 5.37. The molecule has 1 saturated heterocycles. The minimum atomic E-state index is -0.331. The molecule has 6 heteroatoms. The molecule has 1 aliphatic heterocycles. The van der Waals surface area contributed by atoms with E-state index in [-0.39, 0.29) is 17.3 Å². The van der Waals surface area contributed by atoms with E-state index in [0.717, 1.165) is 0 Å². The largest absolute Gasteiger partial charge is 0.382 e. The van der Waals surface area contributed by atoms with Crippen LogP contribution in [0.4, 0.5) is 5.82 Å². The number of nitrogens with zero attached hydrogens (tertiary/aromatic N) is 3. The number of aromatic nitrogens is 2. The van der Waals surface area contributed by atoms with Crippen LogP contribution in [0, 0.1) is 0 Å². The molecule has 1 atom stereocenters. The molecule has 1 aliphatic rings. The maximum atomic E-state index is 12.4. The van der Waals surface area contributed by atoms with Gasteiger partial charge in [-0.3, -0.25) is 4.79 Å². The van der Waals surface area contributed by atoms with E-state index in [1.54, 1.807) is 24.1 Å². The van der Waals surface area contributed by atoms with E-state index >= 15 is 0 Å². The van der Waals surface area contributed by atoms with Crippen LogP contribution in [0.25, 0.3) is 0 Å². The van der Waals surface area contributed by atoms with Crippen molar-refractivity contribution in [1.29, 1.82) is 0 Å². The summed E-state index contributed by atoms with van der Waals surface area (Å²) >= 11 is 0. The van der Waals surface area contributed by atoms with E-state index in [1.807, 2.05) is 25.7 Å². The summed E-state index contributed by atoms with van der Waals surface area (Å²) in [6.07, 6.45) is 3.33. The Morgan fingerprint density at radius 1 is 1.55 bits per heavy atom. The molecule has 0 bridgehead atoms. The minimum absolute atomic E-state index is 0.0520. The highest BCUT2D eigenvalue weighted by Crippen LogP contribution is 2.23. The van der Waals surface area contributed by atoms with Gasteiger partial charge in [0.1, 0.15) is 0 Å². The van der Waals surface area contributed by atoms with Gasteiger partial charge in [0, 0.05) is 39.1 Å². The van der Waals surface area contributed by atoms with Gasteiger partial charge in [-0.15, -0.1) is 0 Å². The van der Waals surface area contributed by atoms with Gasteiger partial charge in [-0.05, 0) is 20.8 Å². The Balaban J connectivity index is 2.29. The number of morpholine rings is 1. The van der Waals surface area contributed by atoms with E-state index in [0.29, 0.717) is 32.1 Å². The smallest absolute Gasteiger partial charge is 0.293 e. The number of ether oxygens (including phenoxy) is 2. The fourth-order valence-electron chi connectivity index (χ4n) is 2.63. The third-order valence-corrected chi connectivity index (χ3v) is 3.37. The van der Waals surface area contributed by atoms with Crippen LogP contribution in [0.15, 0.2) is 17.2 Å². The summed E-state index contributed by atoms with van der Waals surface area (Å²) in [6.45, 7) is 8.39. The average molecular weight is 281 g/mol. The number of anilines is 1. The molecule has 0 radical (unpaired) electrons. The summed E-state index contributed by atoms with van der Waals surface area (Å²) in [5, 5.41) is 0. The molecule has 0 saturated carbocycles. The molecule has 1 aromatic heterocycles. The number of rotatable bonds is 4. The first kappa shape index (κ1) is 15.0. The molecule has 112 valence electrons. The Labute approximate surface area is 119 Å². The van der Waals surface area contributed by atoms with Crippen LogP contribution < -0.4 is 10.5 Å². The van der Waals surface area contributed by atoms with Crippen molar-refractivity contribution in [1.82, 2.24) is 9.55 Å². The van der Waals surface area contributed by atoms with E-state index in [1.165, 1.54) is 0 Å². The van der Waals surface area contributed by atoms with Crippen LogP contribution in [0.1, 0.15) is 20.8 Å². The third kappa shape index (κ3) is 3.19. The van der Waals surface area contributed by atoms with Gasteiger partial charge in [-0.25, -0.2) is 4.98 Å². The van der Waals surface area contributed by atoms with Gasteiger partial charge < -0.3 is 18.9 Å². The van der Waals surface area contributed by atoms with Crippen molar-refractivity contribution >= 4 is 5.82 Å². The SMILES string of the molecule is CCn1ccnc(N2C[C@H](COC)OC(C)(C)C2)c1=O. The fourth-order valence-corrected chi connectivity index (χ4v) is 2.63. The van der Waals surface area contributed by atoms with Crippen molar-refractivity contribution in [2.24, 2.45) is 0 Å². The maximum Gasteiger partial charge on any atom is 0.293 e. The zero-order valence-electron chi connectivity index (χ0n) is 12.6. The first-order valence-corrected chi connectivity index (χ1v) is 6.94. The summed E-state index contributed by atoms with van der Waals surface area (Å²) < 4.78 is 12.8. The van der Waals surface area contributed by atoms with Crippen molar-refractivity contribution < 1.29 is 9.47 Å². The van der Waals surface area contributed by atoms with Crippen molar-refractivity contribution in [3.63, 3.8) is 0 Å². The monoisotopic (exact) mass is 281 g/mol. The van der Waals surface area contributed by atoms with Crippen LogP contribution in [0.2, 0.25) is 0 Å². The molecular formula is C14H23N3O3. The number of methoxy groups -OCH3 is 1. The zero-order valence-corrected chi connectivity index (χ0v) is 12.6. The predicted molar refractivity (Wildman–Crippen MR) is 77.2 cm³/mol. The van der Waals surface area contributed by atoms with Gasteiger partial charge in [-0.2, -0.15) is 0 Å². The van der Waals surface area contributed by atoms with Crippen LogP contribution in [0.5, 0.6) is 0 Å². The lowest BCUT2D eigenvalue weighted by Crippen LogP contribution is -2.55. The highest BCUT2D eigenvalue weighted by atomic mass is 16.5. The van der Waals surface area contributed by atoms with Crippen molar-refractivity contribution in [3.8, 4) is 0 Å². The first-order chi connectivity index (χ1) is 9.46. The lowest BCUT2D eigenvalue weighted by Gasteiger charge is -2.42. The molecule has 0 unspecified atom stereocenters. The van der Waals surface area contributed by atoms with E-state index in [9.17, 15) is 4.79 Å². The molecule has 0 N–H and O–H groups in total. The van der Waals surface area contributed by atoms with Gasteiger partial charge in [0.2, 0.25) is 0 Å². The molecule has 0 aromatic carbocycles. The standard InChI is InChI=1S/C14H23N3O3/c1-5-16-7-6-15-12(13(16)18)17-8-11(9-19-4)20-14(2,3)10-17/h6-7,11H,5,8-10H2,1-4H3/t11-/m1/s1. The van der Waals surface area contributed by atoms with E-state index < -0.39 is 0 Å². The molecular weight excluding hydrogens is 258 g/mol. The molecule has 2 rings (SSSR count). The quantitative estimate of drug-likeness (QED) is 0.820. The van der Waals surface area contributed by atoms with Gasteiger partial charge in [0.15, 0.2) is 5.82 Å². The highest BCUT2D eigenvalue weighted by Gasteiger charge is 2.35. The van der Waals surface area contributed by atoms with Crippen LogP contribution >= 0.6 is 0 Å². The second-order valence-electron chi connectivity index (χ2n) is 5.68. The van der Waals surface area contributed by atoms with Crippen LogP contribution in [0.3, 0.4) is 0 Å². The van der Waals surface area contributed by atoms with Gasteiger partial charge in [-0.1, -0.05) is 0 Å². The van der Waals surface area contributed by atoms with Crippen molar-refractivity contribution in [2.45, 2.75) is 39.0 Å². The Hall–Kier alpha value is -1.40. The first-order valence-electron chi connectivity index (χ1n) is 6.94. The molecule has 0 spiro atoms. The second-order valence-corrected chi connectivity index (χ2v) is 5.68. The normalized spacial score (nSPS) is 22.0. The summed E-state index contributed by atoms with van der Waals surface area (Å²) in [5.41, 5.74) is -0.383. The summed E-state index contributed by atoms with van der Waals surface area (Å²) in [7, 11) is 1.65. The van der Waals surface area contributed by atoms with Gasteiger partial charge >= 0.3 is 0 Å². The van der Waals surface area contributed by atoms with Gasteiger partial charge in [0.25, 0.3) is 5.56 Å². The van der Waals surface area contributed by atoms with E-state index in [4.69, 9.17) is 9.47 Å². The average Bonchev–Trinajstić information content (AvgIpc) is 2.37. The molecule has 20 heavy (non-hydrogen) atoms. The lowest BCUT2D eigenvalue weighted by atomic mass is 10.1. The fraction of sp³-hybridized carbons (Fsp3) is 0.714. The van der Waals surface area contributed by atoms with Crippen LogP contribution in [-0.2, 0) is 16.0 Å². The molecule has 1 fully saturated rings. The Morgan fingerprint density at radius 3 is 2.95 bits per heavy atom. The summed E-state index contributed by atoms with van der Waals surface area (Å²) in [4.78, 5) is 18.6. The Kier molecular flexibility index (Phi) is 4.45. The summed E-state index contributed by atoms with van der Waals surface area (Å²) in [6, 6.07) is 0. The lowest BCUT2D eigenvalue weighted by molar-refractivity contribution is -0.106. The molecule has 6 nitrogen and oxygen atoms in total. The number of aryl methyl sites for hydroxylation is 1. The molecule has 0 aliphatic carbocycles. The Bertz CT molecular complexity index is 513. The molecule has 2 heterocycles. The third-order valence-electron chi connectivity index (χ3n) is 3.37. The van der Waals surface area contributed by atoms with Crippen molar-refractivity contribution in [2.75, 3.05) is 31.7 Å². The van der Waals surface area contributed by atoms with E-state index in [2.05, 4.69) is 4.98 Å². The van der Waals surface area contributed by atoms with Gasteiger partial charge in [0.05, 0.1) is 18.3 Å². The van der Waals surface area contributed by atoms with Crippen LogP contribution in [-0.4, -0.2) is 48.1 Å². The number of hydrogen-bond donors (Lipinski definition) is 0. The van der Waals surface area contributed by atoms with Crippen molar-refractivity contribution in [3.05, 3.63) is 22.7 Å². The predicted octanol–water partition coefficient (Wildman–Crippen LogP) is 0.893. The molecule has 1 aromatic rings. The summed E-state index contributed by atoms with van der Waals surface area (Å²) in [5.74, 6) is 0.492. The second kappa shape index (κ2) is 5.93. The maximum absolute atomic E-state index is 12.4.